The number of hydrogen-bond donors (Lipinski definition) is 1. The van der Waals surface area contributed by atoms with Crippen molar-refractivity contribution in [2.75, 3.05) is 12.0 Å². The van der Waals surface area contributed by atoms with E-state index in [1.54, 1.807) is 18.0 Å². The molecule has 0 aliphatic carbocycles. The quantitative estimate of drug-likeness (QED) is 0.733. The van der Waals surface area contributed by atoms with Crippen molar-refractivity contribution in [3.63, 3.8) is 0 Å². The van der Waals surface area contributed by atoms with Gasteiger partial charge >= 0.3 is 0 Å². The first kappa shape index (κ1) is 8.62. The Morgan fingerprint density at radius 3 is 3.00 bits per heavy atom. The SMILES string of the molecule is CSCC(O)c1nccn1C. The molecule has 0 aromatic carbocycles. The molecule has 0 amide bonds. The fourth-order valence-corrected chi connectivity index (χ4v) is 1.40. The summed E-state index contributed by atoms with van der Waals surface area (Å²) in [6.07, 6.45) is 5.05. The summed E-state index contributed by atoms with van der Waals surface area (Å²) >= 11 is 1.61. The van der Waals surface area contributed by atoms with E-state index in [1.807, 2.05) is 24.1 Å². The molecule has 11 heavy (non-hydrogen) atoms. The smallest absolute Gasteiger partial charge is 0.138 e. The molecule has 1 heterocycles. The molecule has 1 N–H and O–H groups in total. The van der Waals surface area contributed by atoms with E-state index in [9.17, 15) is 5.11 Å². The van der Waals surface area contributed by atoms with Crippen LogP contribution in [0, 0.1) is 0 Å². The van der Waals surface area contributed by atoms with Gasteiger partial charge < -0.3 is 9.67 Å². The molecule has 1 aromatic rings. The molecule has 62 valence electrons. The molecular weight excluding hydrogens is 160 g/mol. The average molecular weight is 172 g/mol. The van der Waals surface area contributed by atoms with Gasteiger partial charge in [-0.3, -0.25) is 0 Å². The van der Waals surface area contributed by atoms with E-state index in [-0.39, 0.29) is 0 Å². The molecule has 4 heteroatoms. The lowest BCUT2D eigenvalue weighted by Crippen LogP contribution is -2.07. The lowest BCUT2D eigenvalue weighted by atomic mass is 10.4. The first-order valence-electron chi connectivity index (χ1n) is 3.40. The molecule has 0 bridgehead atoms. The van der Waals surface area contributed by atoms with Gasteiger partial charge in [0.1, 0.15) is 11.9 Å². The van der Waals surface area contributed by atoms with Crippen molar-refractivity contribution in [1.82, 2.24) is 9.55 Å². The van der Waals surface area contributed by atoms with Gasteiger partial charge in [0.15, 0.2) is 0 Å². The highest BCUT2D eigenvalue weighted by Crippen LogP contribution is 2.13. The Hall–Kier alpha value is -0.480. The van der Waals surface area contributed by atoms with E-state index in [0.717, 1.165) is 5.82 Å². The third kappa shape index (κ3) is 1.97. The third-order valence-electron chi connectivity index (χ3n) is 1.48. The largest absolute Gasteiger partial charge is 0.384 e. The van der Waals surface area contributed by atoms with Crippen molar-refractivity contribution in [3.05, 3.63) is 18.2 Å². The fourth-order valence-electron chi connectivity index (χ4n) is 0.931. The second kappa shape index (κ2) is 3.78. The van der Waals surface area contributed by atoms with Gasteiger partial charge in [-0.2, -0.15) is 11.8 Å². The number of thioether (sulfide) groups is 1. The van der Waals surface area contributed by atoms with Crippen LogP contribution in [0.15, 0.2) is 12.4 Å². The zero-order valence-corrected chi connectivity index (χ0v) is 7.51. The Balaban J connectivity index is 2.67. The Morgan fingerprint density at radius 1 is 1.82 bits per heavy atom. The van der Waals surface area contributed by atoms with E-state index in [4.69, 9.17) is 0 Å². The number of nitrogens with zero attached hydrogens (tertiary/aromatic N) is 2. The number of aliphatic hydroxyl groups is 1. The summed E-state index contributed by atoms with van der Waals surface area (Å²) in [4.78, 5) is 4.03. The standard InChI is InChI=1S/C7H12N2OS/c1-9-4-3-8-7(9)6(10)5-11-2/h3-4,6,10H,5H2,1-2H3. The van der Waals surface area contributed by atoms with Crippen LogP contribution < -0.4 is 0 Å². The number of imidazole rings is 1. The van der Waals surface area contributed by atoms with Crippen LogP contribution in [0.2, 0.25) is 0 Å². The number of rotatable bonds is 3. The van der Waals surface area contributed by atoms with Crippen LogP contribution in [0.5, 0.6) is 0 Å². The molecule has 0 fully saturated rings. The van der Waals surface area contributed by atoms with Gasteiger partial charge in [0, 0.05) is 25.2 Å². The molecule has 0 aliphatic rings. The molecule has 1 rings (SSSR count). The molecule has 0 saturated heterocycles. The Labute approximate surface area is 70.4 Å². The summed E-state index contributed by atoms with van der Waals surface area (Å²) in [6.45, 7) is 0. The first-order chi connectivity index (χ1) is 5.25. The molecule has 0 aliphatic heterocycles. The lowest BCUT2D eigenvalue weighted by Gasteiger charge is -2.07. The topological polar surface area (TPSA) is 38.1 Å². The summed E-state index contributed by atoms with van der Waals surface area (Å²) in [6, 6.07) is 0. The van der Waals surface area contributed by atoms with Gasteiger partial charge in [-0.15, -0.1) is 0 Å². The predicted octanol–water partition coefficient (Wildman–Crippen LogP) is 0.817. The van der Waals surface area contributed by atoms with Crippen LogP contribution in [-0.4, -0.2) is 26.7 Å². The summed E-state index contributed by atoms with van der Waals surface area (Å²) in [5, 5.41) is 9.49. The monoisotopic (exact) mass is 172 g/mol. The van der Waals surface area contributed by atoms with Crippen LogP contribution in [0.3, 0.4) is 0 Å². The van der Waals surface area contributed by atoms with Gasteiger partial charge in [0.2, 0.25) is 0 Å². The maximum Gasteiger partial charge on any atom is 0.138 e. The second-order valence-corrected chi connectivity index (χ2v) is 3.28. The van der Waals surface area contributed by atoms with Gasteiger partial charge in [-0.1, -0.05) is 0 Å². The van der Waals surface area contributed by atoms with Gasteiger partial charge in [-0.25, -0.2) is 4.98 Å². The molecule has 0 saturated carbocycles. The van der Waals surface area contributed by atoms with Crippen molar-refractivity contribution in [1.29, 1.82) is 0 Å². The van der Waals surface area contributed by atoms with E-state index < -0.39 is 6.10 Å². The van der Waals surface area contributed by atoms with Crippen molar-refractivity contribution in [3.8, 4) is 0 Å². The Bertz CT molecular complexity index is 224. The Kier molecular flexibility index (Phi) is 2.96. The number of aliphatic hydroxyl groups excluding tert-OH is 1. The molecule has 1 aromatic heterocycles. The van der Waals surface area contributed by atoms with E-state index >= 15 is 0 Å². The summed E-state index contributed by atoms with van der Waals surface area (Å²) in [5.74, 6) is 1.43. The molecule has 1 unspecified atom stereocenters. The molecule has 0 radical (unpaired) electrons. The minimum absolute atomic E-state index is 0.440. The van der Waals surface area contributed by atoms with E-state index in [1.165, 1.54) is 0 Å². The molecule has 3 nitrogen and oxygen atoms in total. The van der Waals surface area contributed by atoms with Crippen molar-refractivity contribution >= 4 is 11.8 Å². The van der Waals surface area contributed by atoms with Crippen LogP contribution in [0.25, 0.3) is 0 Å². The predicted molar refractivity (Wildman–Crippen MR) is 46.5 cm³/mol. The minimum atomic E-state index is -0.440. The van der Waals surface area contributed by atoms with Crippen LogP contribution in [-0.2, 0) is 7.05 Å². The fraction of sp³-hybridized carbons (Fsp3) is 0.571. The van der Waals surface area contributed by atoms with Gasteiger partial charge in [0.05, 0.1) is 0 Å². The van der Waals surface area contributed by atoms with E-state index in [0.29, 0.717) is 5.75 Å². The van der Waals surface area contributed by atoms with Crippen molar-refractivity contribution in [2.24, 2.45) is 7.05 Å². The van der Waals surface area contributed by atoms with Crippen LogP contribution >= 0.6 is 11.8 Å². The zero-order valence-electron chi connectivity index (χ0n) is 6.69. The van der Waals surface area contributed by atoms with Crippen LogP contribution in [0.4, 0.5) is 0 Å². The molecular formula is C7H12N2OS. The highest BCUT2D eigenvalue weighted by molar-refractivity contribution is 7.98. The van der Waals surface area contributed by atoms with Crippen LogP contribution in [0.1, 0.15) is 11.9 Å². The minimum Gasteiger partial charge on any atom is -0.384 e. The number of aromatic nitrogens is 2. The maximum atomic E-state index is 9.49. The maximum absolute atomic E-state index is 9.49. The highest BCUT2D eigenvalue weighted by atomic mass is 32.2. The number of aryl methyl sites for hydroxylation is 1. The van der Waals surface area contributed by atoms with E-state index in [2.05, 4.69) is 4.98 Å². The lowest BCUT2D eigenvalue weighted by molar-refractivity contribution is 0.190. The van der Waals surface area contributed by atoms with Crippen molar-refractivity contribution in [2.45, 2.75) is 6.10 Å². The highest BCUT2D eigenvalue weighted by Gasteiger charge is 2.10. The zero-order chi connectivity index (χ0) is 8.27. The third-order valence-corrected chi connectivity index (χ3v) is 2.13. The average Bonchev–Trinajstić information content (AvgIpc) is 2.36. The Morgan fingerprint density at radius 2 is 2.55 bits per heavy atom. The summed E-state index contributed by atoms with van der Waals surface area (Å²) in [5.41, 5.74) is 0. The van der Waals surface area contributed by atoms with Gasteiger partial charge in [-0.05, 0) is 6.26 Å². The molecule has 0 spiro atoms. The van der Waals surface area contributed by atoms with Gasteiger partial charge in [0.25, 0.3) is 0 Å². The summed E-state index contributed by atoms with van der Waals surface area (Å²) < 4.78 is 1.83. The normalized spacial score (nSPS) is 13.4. The van der Waals surface area contributed by atoms with Crippen molar-refractivity contribution < 1.29 is 5.11 Å². The second-order valence-electron chi connectivity index (χ2n) is 2.37. The first-order valence-corrected chi connectivity index (χ1v) is 4.79. The summed E-state index contributed by atoms with van der Waals surface area (Å²) in [7, 11) is 1.88. The molecule has 1 atom stereocenters. The number of hydrogen-bond acceptors (Lipinski definition) is 3.